The fraction of sp³-hybridized carbons (Fsp3) is 0.235. The number of rotatable bonds is 5. The van der Waals surface area contributed by atoms with Gasteiger partial charge in [-0.15, -0.1) is 0 Å². The lowest BCUT2D eigenvalue weighted by atomic mass is 10.1. The zero-order valence-electron chi connectivity index (χ0n) is 12.0. The summed E-state index contributed by atoms with van der Waals surface area (Å²) in [6.45, 7) is 3.02. The number of nitrogens with zero attached hydrogens (tertiary/aromatic N) is 1. The molecule has 0 bridgehead atoms. The summed E-state index contributed by atoms with van der Waals surface area (Å²) in [5.41, 5.74) is 3.36. The van der Waals surface area contributed by atoms with Gasteiger partial charge in [0.1, 0.15) is 0 Å². The molecule has 0 atom stereocenters. The Hall–Kier alpha value is -2.29. The van der Waals surface area contributed by atoms with Gasteiger partial charge in [-0.1, -0.05) is 42.5 Å². The number of benzene rings is 2. The summed E-state index contributed by atoms with van der Waals surface area (Å²) < 4.78 is 0. The molecule has 0 fully saturated rings. The van der Waals surface area contributed by atoms with E-state index in [0.29, 0.717) is 13.1 Å². The van der Waals surface area contributed by atoms with Gasteiger partial charge in [-0.2, -0.15) is 0 Å². The molecular weight excluding hydrogens is 248 g/mol. The van der Waals surface area contributed by atoms with E-state index in [4.69, 9.17) is 0 Å². The molecule has 0 aromatic heterocycles. The Balaban J connectivity index is 1.88. The van der Waals surface area contributed by atoms with E-state index >= 15 is 0 Å². The Morgan fingerprint density at radius 1 is 1.05 bits per heavy atom. The molecule has 1 N–H and O–H groups in total. The van der Waals surface area contributed by atoms with Crippen molar-refractivity contribution in [3.8, 4) is 0 Å². The molecule has 3 nitrogen and oxygen atoms in total. The van der Waals surface area contributed by atoms with Crippen LogP contribution >= 0.6 is 0 Å². The highest BCUT2D eigenvalue weighted by molar-refractivity contribution is 5.80. The van der Waals surface area contributed by atoms with E-state index in [1.165, 1.54) is 11.1 Å². The largest absolute Gasteiger partial charge is 0.376 e. The highest BCUT2D eigenvalue weighted by atomic mass is 16.2. The van der Waals surface area contributed by atoms with Crippen molar-refractivity contribution in [3.63, 3.8) is 0 Å². The lowest BCUT2D eigenvalue weighted by Crippen LogP contribution is -2.31. The van der Waals surface area contributed by atoms with Gasteiger partial charge in [0.15, 0.2) is 0 Å². The summed E-state index contributed by atoms with van der Waals surface area (Å²) >= 11 is 0. The SMILES string of the molecule is Cc1ccccc1CN(C)C(=O)CNc1ccccc1. The molecule has 0 spiro atoms. The van der Waals surface area contributed by atoms with Gasteiger partial charge in [0.2, 0.25) is 5.91 Å². The van der Waals surface area contributed by atoms with E-state index in [9.17, 15) is 4.79 Å². The molecule has 0 radical (unpaired) electrons. The van der Waals surface area contributed by atoms with Crippen molar-refractivity contribution in [2.75, 3.05) is 18.9 Å². The topological polar surface area (TPSA) is 32.3 Å². The quantitative estimate of drug-likeness (QED) is 0.904. The zero-order valence-corrected chi connectivity index (χ0v) is 12.0. The first-order valence-electron chi connectivity index (χ1n) is 6.74. The second-order valence-electron chi connectivity index (χ2n) is 4.90. The van der Waals surface area contributed by atoms with Gasteiger partial charge < -0.3 is 10.2 Å². The van der Waals surface area contributed by atoms with Crippen molar-refractivity contribution in [1.29, 1.82) is 0 Å². The van der Waals surface area contributed by atoms with Gasteiger partial charge in [0, 0.05) is 19.3 Å². The highest BCUT2D eigenvalue weighted by Gasteiger charge is 2.09. The monoisotopic (exact) mass is 268 g/mol. The fourth-order valence-corrected chi connectivity index (χ4v) is 2.00. The summed E-state index contributed by atoms with van der Waals surface area (Å²) in [7, 11) is 1.83. The van der Waals surface area contributed by atoms with Crippen molar-refractivity contribution in [1.82, 2.24) is 4.90 Å². The first kappa shape index (κ1) is 14.1. The summed E-state index contributed by atoms with van der Waals surface area (Å²) in [6.07, 6.45) is 0. The van der Waals surface area contributed by atoms with Crippen LogP contribution in [0.2, 0.25) is 0 Å². The first-order chi connectivity index (χ1) is 9.66. The van der Waals surface area contributed by atoms with E-state index in [2.05, 4.69) is 24.4 Å². The van der Waals surface area contributed by atoms with Crippen LogP contribution in [0.1, 0.15) is 11.1 Å². The summed E-state index contributed by atoms with van der Waals surface area (Å²) in [5.74, 6) is 0.0807. The van der Waals surface area contributed by atoms with Crippen LogP contribution in [0, 0.1) is 6.92 Å². The van der Waals surface area contributed by atoms with E-state index in [1.54, 1.807) is 4.90 Å². The molecule has 0 unspecified atom stereocenters. The number of amides is 1. The minimum atomic E-state index is 0.0807. The maximum absolute atomic E-state index is 12.1. The lowest BCUT2D eigenvalue weighted by molar-refractivity contribution is -0.128. The predicted molar refractivity (Wildman–Crippen MR) is 82.6 cm³/mol. The molecule has 2 aromatic rings. The molecule has 20 heavy (non-hydrogen) atoms. The minimum Gasteiger partial charge on any atom is -0.376 e. The molecule has 0 aliphatic rings. The molecule has 104 valence electrons. The third-order valence-electron chi connectivity index (χ3n) is 3.31. The predicted octanol–water partition coefficient (Wildman–Crippen LogP) is 3.07. The normalized spacial score (nSPS) is 10.1. The molecule has 0 aliphatic heterocycles. The maximum atomic E-state index is 12.1. The second-order valence-corrected chi connectivity index (χ2v) is 4.90. The van der Waals surface area contributed by atoms with Gasteiger partial charge in [-0.3, -0.25) is 4.79 Å². The third kappa shape index (κ3) is 3.85. The number of hydrogen-bond donors (Lipinski definition) is 1. The average Bonchev–Trinajstić information content (AvgIpc) is 2.48. The maximum Gasteiger partial charge on any atom is 0.241 e. The van der Waals surface area contributed by atoms with Crippen LogP contribution in [-0.4, -0.2) is 24.4 Å². The number of anilines is 1. The van der Waals surface area contributed by atoms with Gasteiger partial charge in [0.05, 0.1) is 6.54 Å². The van der Waals surface area contributed by atoms with Gasteiger partial charge >= 0.3 is 0 Å². The van der Waals surface area contributed by atoms with Crippen molar-refractivity contribution in [2.45, 2.75) is 13.5 Å². The van der Waals surface area contributed by atoms with Crippen molar-refractivity contribution < 1.29 is 4.79 Å². The van der Waals surface area contributed by atoms with E-state index in [1.807, 2.05) is 49.5 Å². The van der Waals surface area contributed by atoms with Crippen LogP contribution in [0.5, 0.6) is 0 Å². The van der Waals surface area contributed by atoms with Crippen molar-refractivity contribution in [2.24, 2.45) is 0 Å². The number of aryl methyl sites for hydroxylation is 1. The number of hydrogen-bond acceptors (Lipinski definition) is 2. The van der Waals surface area contributed by atoms with E-state index in [-0.39, 0.29) is 5.91 Å². The van der Waals surface area contributed by atoms with Crippen LogP contribution in [0.25, 0.3) is 0 Å². The molecule has 3 heteroatoms. The van der Waals surface area contributed by atoms with Crippen LogP contribution in [0.3, 0.4) is 0 Å². The fourth-order valence-electron chi connectivity index (χ4n) is 2.00. The van der Waals surface area contributed by atoms with E-state index in [0.717, 1.165) is 5.69 Å². The molecular formula is C17H20N2O. The summed E-state index contributed by atoms with van der Waals surface area (Å²) in [5, 5.41) is 3.13. The number of carbonyl (C=O) groups excluding carboxylic acids is 1. The standard InChI is InChI=1S/C17H20N2O/c1-14-8-6-7-9-15(14)13-19(2)17(20)12-18-16-10-4-3-5-11-16/h3-11,18H,12-13H2,1-2H3. The smallest absolute Gasteiger partial charge is 0.241 e. The van der Waals surface area contributed by atoms with Crippen molar-refractivity contribution in [3.05, 3.63) is 65.7 Å². The van der Waals surface area contributed by atoms with E-state index < -0.39 is 0 Å². The molecule has 2 rings (SSSR count). The zero-order chi connectivity index (χ0) is 14.4. The van der Waals surface area contributed by atoms with Gasteiger partial charge in [-0.25, -0.2) is 0 Å². The number of nitrogens with one attached hydrogen (secondary N) is 1. The molecule has 0 saturated heterocycles. The van der Waals surface area contributed by atoms with Gasteiger partial charge in [0.25, 0.3) is 0 Å². The Morgan fingerprint density at radius 3 is 2.40 bits per heavy atom. The van der Waals surface area contributed by atoms with Crippen molar-refractivity contribution >= 4 is 11.6 Å². The summed E-state index contributed by atoms with van der Waals surface area (Å²) in [4.78, 5) is 13.8. The Labute approximate surface area is 120 Å². The van der Waals surface area contributed by atoms with Crippen LogP contribution < -0.4 is 5.32 Å². The Bertz CT molecular complexity index is 566. The summed E-state index contributed by atoms with van der Waals surface area (Å²) in [6, 6.07) is 17.9. The molecule has 2 aromatic carbocycles. The third-order valence-corrected chi connectivity index (χ3v) is 3.31. The lowest BCUT2D eigenvalue weighted by Gasteiger charge is -2.19. The Morgan fingerprint density at radius 2 is 1.70 bits per heavy atom. The van der Waals surface area contributed by atoms with Crippen LogP contribution in [0.15, 0.2) is 54.6 Å². The Kier molecular flexibility index (Phi) is 4.77. The number of carbonyl (C=O) groups is 1. The van der Waals surface area contributed by atoms with Gasteiger partial charge in [-0.05, 0) is 30.2 Å². The molecule has 0 saturated carbocycles. The number of para-hydroxylation sites is 1. The molecule has 0 aliphatic carbocycles. The molecule has 0 heterocycles. The molecule has 1 amide bonds. The minimum absolute atomic E-state index is 0.0807. The first-order valence-corrected chi connectivity index (χ1v) is 6.74. The number of likely N-dealkylation sites (N-methyl/N-ethyl adjacent to an activating group) is 1. The second kappa shape index (κ2) is 6.75. The van der Waals surface area contributed by atoms with Crippen LogP contribution in [-0.2, 0) is 11.3 Å². The highest BCUT2D eigenvalue weighted by Crippen LogP contribution is 2.10. The average molecular weight is 268 g/mol. The van der Waals surface area contributed by atoms with Crippen LogP contribution in [0.4, 0.5) is 5.69 Å².